The molecule has 1 aromatic rings. The topological polar surface area (TPSA) is 69.4 Å². The van der Waals surface area contributed by atoms with Crippen molar-refractivity contribution in [3.8, 4) is 5.75 Å². The molecular formula is C13H17NO3S. The average molecular weight is 267 g/mol. The summed E-state index contributed by atoms with van der Waals surface area (Å²) in [6.45, 7) is 0. The monoisotopic (exact) mass is 267 g/mol. The Bertz CT molecular complexity index is 551. The predicted molar refractivity (Wildman–Crippen MR) is 69.4 cm³/mol. The van der Waals surface area contributed by atoms with E-state index in [2.05, 4.69) is 0 Å². The molecule has 2 aliphatic rings. The van der Waals surface area contributed by atoms with E-state index in [1.807, 2.05) is 24.3 Å². The molecule has 4 nitrogen and oxygen atoms in total. The van der Waals surface area contributed by atoms with E-state index in [0.29, 0.717) is 0 Å². The van der Waals surface area contributed by atoms with Gasteiger partial charge in [0, 0.05) is 5.54 Å². The molecule has 0 spiro atoms. The lowest BCUT2D eigenvalue weighted by molar-refractivity contribution is 0.227. The molecule has 2 fully saturated rings. The molecule has 1 aliphatic heterocycles. The van der Waals surface area contributed by atoms with Gasteiger partial charge >= 0.3 is 0 Å². The third-order valence-electron chi connectivity index (χ3n) is 3.58. The van der Waals surface area contributed by atoms with Crippen LogP contribution in [0.3, 0.4) is 0 Å². The molecule has 1 aliphatic carbocycles. The molecule has 2 N–H and O–H groups in total. The zero-order valence-corrected chi connectivity index (χ0v) is 10.9. The lowest BCUT2D eigenvalue weighted by atomic mass is 10.0. The van der Waals surface area contributed by atoms with Crippen LogP contribution in [0.15, 0.2) is 24.3 Å². The Morgan fingerprint density at radius 1 is 1.28 bits per heavy atom. The van der Waals surface area contributed by atoms with Crippen LogP contribution in [-0.4, -0.2) is 31.6 Å². The number of rotatable bonds is 4. The number of nitrogens with two attached hydrogens (primary N) is 1. The fourth-order valence-electron chi connectivity index (χ4n) is 2.25. The molecule has 0 amide bonds. The largest absolute Gasteiger partial charge is 0.488 e. The summed E-state index contributed by atoms with van der Waals surface area (Å²) in [6.07, 6.45) is 2.73. The van der Waals surface area contributed by atoms with E-state index in [1.165, 1.54) is 0 Å². The fraction of sp³-hybridized carbons (Fsp3) is 0.538. The van der Waals surface area contributed by atoms with Crippen molar-refractivity contribution in [2.45, 2.75) is 30.9 Å². The maximum atomic E-state index is 11.1. The highest BCUT2D eigenvalue weighted by molar-refractivity contribution is 7.92. The van der Waals surface area contributed by atoms with Crippen molar-refractivity contribution in [3.05, 3.63) is 29.8 Å². The zero-order chi connectivity index (χ0) is 12.8. The van der Waals surface area contributed by atoms with Crippen molar-refractivity contribution in [2.24, 2.45) is 5.73 Å². The summed E-state index contributed by atoms with van der Waals surface area (Å²) in [5.74, 6) is 1.05. The van der Waals surface area contributed by atoms with Gasteiger partial charge in [0.15, 0.2) is 9.84 Å². The second kappa shape index (κ2) is 3.96. The van der Waals surface area contributed by atoms with Crippen LogP contribution in [-0.2, 0) is 16.3 Å². The summed E-state index contributed by atoms with van der Waals surface area (Å²) in [5, 5.41) is 0. The van der Waals surface area contributed by atoms with Gasteiger partial charge in [-0.1, -0.05) is 18.2 Å². The van der Waals surface area contributed by atoms with Gasteiger partial charge in [-0.25, -0.2) is 8.42 Å². The second-order valence-electron chi connectivity index (χ2n) is 5.46. The van der Waals surface area contributed by atoms with Gasteiger partial charge in [-0.05, 0) is 30.9 Å². The second-order valence-corrected chi connectivity index (χ2v) is 7.62. The summed E-state index contributed by atoms with van der Waals surface area (Å²) in [5.41, 5.74) is 7.14. The van der Waals surface area contributed by atoms with Crippen LogP contribution in [0.2, 0.25) is 0 Å². The Morgan fingerprint density at radius 3 is 2.56 bits per heavy atom. The lowest BCUT2D eigenvalue weighted by Crippen LogP contribution is -2.45. The van der Waals surface area contributed by atoms with Crippen molar-refractivity contribution in [1.82, 2.24) is 0 Å². The molecule has 0 aromatic heterocycles. The minimum absolute atomic E-state index is 0.0643. The lowest BCUT2D eigenvalue weighted by Gasteiger charge is -2.27. The third-order valence-corrected chi connectivity index (χ3v) is 5.34. The fourth-order valence-corrected chi connectivity index (χ4v) is 3.42. The summed E-state index contributed by atoms with van der Waals surface area (Å²) < 4.78 is 28.0. The number of para-hydroxylation sites is 1. The highest BCUT2D eigenvalue weighted by atomic mass is 32.2. The number of benzene rings is 1. The molecule has 1 heterocycles. The van der Waals surface area contributed by atoms with E-state index in [1.54, 1.807) is 0 Å². The first-order valence-electron chi connectivity index (χ1n) is 6.20. The molecule has 1 saturated heterocycles. The van der Waals surface area contributed by atoms with Gasteiger partial charge in [-0.2, -0.15) is 0 Å². The van der Waals surface area contributed by atoms with E-state index >= 15 is 0 Å². The maximum Gasteiger partial charge on any atom is 0.157 e. The normalized spacial score (nSPS) is 24.3. The molecule has 98 valence electrons. The van der Waals surface area contributed by atoms with E-state index in [9.17, 15) is 8.42 Å². The first-order valence-corrected chi connectivity index (χ1v) is 8.02. The number of hydrogen-bond acceptors (Lipinski definition) is 4. The molecule has 0 unspecified atom stereocenters. The first-order chi connectivity index (χ1) is 8.46. The van der Waals surface area contributed by atoms with Crippen LogP contribution in [0, 0.1) is 0 Å². The van der Waals surface area contributed by atoms with E-state index < -0.39 is 9.84 Å². The zero-order valence-electron chi connectivity index (χ0n) is 10.1. The summed E-state index contributed by atoms with van der Waals surface area (Å²) in [7, 11) is -2.84. The van der Waals surface area contributed by atoms with Crippen molar-refractivity contribution in [3.63, 3.8) is 0 Å². The van der Waals surface area contributed by atoms with Crippen LogP contribution in [0.4, 0.5) is 0 Å². The van der Waals surface area contributed by atoms with Crippen molar-refractivity contribution in [2.75, 3.05) is 11.5 Å². The van der Waals surface area contributed by atoms with Crippen LogP contribution in [0.1, 0.15) is 18.4 Å². The van der Waals surface area contributed by atoms with Crippen LogP contribution >= 0.6 is 0 Å². The third kappa shape index (κ3) is 2.52. The van der Waals surface area contributed by atoms with Gasteiger partial charge in [0.2, 0.25) is 0 Å². The average Bonchev–Trinajstić information content (AvgIpc) is 2.97. The molecule has 1 saturated carbocycles. The molecule has 0 radical (unpaired) electrons. The Balaban J connectivity index is 1.71. The highest BCUT2D eigenvalue weighted by Crippen LogP contribution is 2.38. The van der Waals surface area contributed by atoms with E-state index in [-0.39, 0.29) is 23.1 Å². The molecule has 0 atom stereocenters. The quantitative estimate of drug-likeness (QED) is 0.880. The Labute approximate surface area is 107 Å². The molecule has 0 bridgehead atoms. The molecular weight excluding hydrogens is 250 g/mol. The van der Waals surface area contributed by atoms with Gasteiger partial charge in [-0.3, -0.25) is 0 Å². The van der Waals surface area contributed by atoms with Gasteiger partial charge in [0.05, 0.1) is 11.5 Å². The Morgan fingerprint density at radius 2 is 1.94 bits per heavy atom. The smallest absolute Gasteiger partial charge is 0.157 e. The van der Waals surface area contributed by atoms with E-state index in [4.69, 9.17) is 10.5 Å². The summed E-state index contributed by atoms with van der Waals surface area (Å²) in [6, 6.07) is 7.77. The van der Waals surface area contributed by atoms with Gasteiger partial charge in [0.1, 0.15) is 11.9 Å². The van der Waals surface area contributed by atoms with Crippen molar-refractivity contribution >= 4 is 9.84 Å². The molecule has 5 heteroatoms. The van der Waals surface area contributed by atoms with Crippen molar-refractivity contribution < 1.29 is 13.2 Å². The van der Waals surface area contributed by atoms with Gasteiger partial charge < -0.3 is 10.5 Å². The molecule has 3 rings (SSSR count). The minimum Gasteiger partial charge on any atom is -0.488 e. The van der Waals surface area contributed by atoms with Gasteiger partial charge in [-0.15, -0.1) is 0 Å². The Hall–Kier alpha value is -1.07. The van der Waals surface area contributed by atoms with Crippen molar-refractivity contribution in [1.29, 1.82) is 0 Å². The summed E-state index contributed by atoms with van der Waals surface area (Å²) >= 11 is 0. The number of hydrogen-bond donors (Lipinski definition) is 1. The van der Waals surface area contributed by atoms with E-state index in [0.717, 1.165) is 30.6 Å². The number of ether oxygens (including phenoxy) is 1. The van der Waals surface area contributed by atoms with Crippen LogP contribution in [0.5, 0.6) is 5.75 Å². The minimum atomic E-state index is -2.84. The maximum absolute atomic E-state index is 11.1. The highest BCUT2D eigenvalue weighted by Gasteiger charge is 2.39. The first kappa shape index (κ1) is 12.0. The van der Waals surface area contributed by atoms with Crippen LogP contribution < -0.4 is 10.5 Å². The standard InChI is InChI=1S/C13H17NO3S/c14-13(5-6-13)7-10-3-1-2-4-12(10)17-11-8-18(15,16)9-11/h1-4,11H,5-9,14H2. The SMILES string of the molecule is NC1(Cc2ccccc2OC2CS(=O)(=O)C2)CC1. The summed E-state index contributed by atoms with van der Waals surface area (Å²) in [4.78, 5) is 0. The number of sulfone groups is 1. The predicted octanol–water partition coefficient (Wildman–Crippen LogP) is 0.896. The Kier molecular flexibility index (Phi) is 2.64. The molecule has 1 aromatic carbocycles. The molecule has 18 heavy (non-hydrogen) atoms. The van der Waals surface area contributed by atoms with Crippen LogP contribution in [0.25, 0.3) is 0 Å². The van der Waals surface area contributed by atoms with Gasteiger partial charge in [0.25, 0.3) is 0 Å².